The highest BCUT2D eigenvalue weighted by molar-refractivity contribution is 7.89. The topological polar surface area (TPSA) is 98.6 Å². The minimum atomic E-state index is -5.18. The number of benzene rings is 1. The van der Waals surface area contributed by atoms with Crippen LogP contribution in [0.3, 0.4) is 0 Å². The Balaban J connectivity index is 1.41. The lowest BCUT2D eigenvalue weighted by molar-refractivity contribution is -0.109. The van der Waals surface area contributed by atoms with Gasteiger partial charge in [0.15, 0.2) is 11.5 Å². The van der Waals surface area contributed by atoms with Crippen molar-refractivity contribution in [3.05, 3.63) is 53.1 Å². The molecule has 2 fully saturated rings. The van der Waals surface area contributed by atoms with Gasteiger partial charge in [-0.3, -0.25) is 4.18 Å². The quantitative estimate of drug-likeness (QED) is 0.263. The summed E-state index contributed by atoms with van der Waals surface area (Å²) >= 11 is 0. The van der Waals surface area contributed by atoms with E-state index in [4.69, 9.17) is 4.18 Å². The Labute approximate surface area is 243 Å². The molecule has 17 heteroatoms. The highest BCUT2D eigenvalue weighted by Crippen LogP contribution is 2.54. The van der Waals surface area contributed by atoms with Gasteiger partial charge in [-0.15, -0.1) is 0 Å². The van der Waals surface area contributed by atoms with E-state index >= 15 is 0 Å². The van der Waals surface area contributed by atoms with Gasteiger partial charge in [-0.1, -0.05) is 12.5 Å². The molecule has 1 unspecified atom stereocenters. The number of alkyl halides is 6. The van der Waals surface area contributed by atoms with Gasteiger partial charge in [0.2, 0.25) is 10.0 Å². The van der Waals surface area contributed by atoms with Crippen LogP contribution in [-0.2, 0) is 30.7 Å². The average Bonchev–Trinajstić information content (AvgIpc) is 3.32. The van der Waals surface area contributed by atoms with Crippen LogP contribution in [-0.4, -0.2) is 73.5 Å². The molecule has 0 amide bonds. The van der Waals surface area contributed by atoms with E-state index < -0.39 is 79.8 Å². The molecule has 0 spiro atoms. The van der Waals surface area contributed by atoms with E-state index in [-0.39, 0.29) is 12.8 Å². The molecule has 3 aliphatic carbocycles. The Hall–Kier alpha value is -2.50. The molecular weight excluding hydrogens is 631 g/mol. The molecule has 2 saturated carbocycles. The van der Waals surface area contributed by atoms with Crippen molar-refractivity contribution in [2.45, 2.75) is 57.0 Å². The first-order valence-electron chi connectivity index (χ1n) is 13.3. The molecule has 1 heterocycles. The number of allylic oxidation sites excluding steroid dienone is 1. The summed E-state index contributed by atoms with van der Waals surface area (Å²) in [6.45, 7) is 0.612. The Morgan fingerprint density at radius 2 is 1.65 bits per heavy atom. The van der Waals surface area contributed by atoms with Crippen LogP contribution in [0, 0.1) is 17.2 Å². The second-order valence-corrected chi connectivity index (χ2v) is 15.2. The van der Waals surface area contributed by atoms with Crippen molar-refractivity contribution in [3.63, 3.8) is 0 Å². The Morgan fingerprint density at radius 1 is 1.02 bits per heavy atom. The molecule has 43 heavy (non-hydrogen) atoms. The lowest BCUT2D eigenvalue weighted by Crippen LogP contribution is -2.48. The molecule has 5 rings (SSSR count). The summed E-state index contributed by atoms with van der Waals surface area (Å²) in [5.41, 5.74) is 0.463. The summed E-state index contributed by atoms with van der Waals surface area (Å²) in [7, 11) is -10.3. The molecule has 3 aliphatic rings. The molecular formula is C26H28F7N3O5S2. The van der Waals surface area contributed by atoms with E-state index in [9.17, 15) is 47.6 Å². The van der Waals surface area contributed by atoms with Gasteiger partial charge < -0.3 is 0 Å². The lowest BCUT2D eigenvalue weighted by Gasteiger charge is -2.39. The highest BCUT2D eigenvalue weighted by atomic mass is 32.2. The van der Waals surface area contributed by atoms with Crippen molar-refractivity contribution in [2.24, 2.45) is 11.3 Å². The van der Waals surface area contributed by atoms with Gasteiger partial charge in [-0.2, -0.15) is 44.2 Å². The first kappa shape index (κ1) is 31.9. The molecule has 0 N–H and O–H groups in total. The van der Waals surface area contributed by atoms with Gasteiger partial charge in [0.05, 0.1) is 17.6 Å². The van der Waals surface area contributed by atoms with Crippen LogP contribution in [0.4, 0.5) is 30.7 Å². The summed E-state index contributed by atoms with van der Waals surface area (Å²) in [5.74, 6) is -5.45. The molecule has 0 radical (unpaired) electrons. The van der Waals surface area contributed by atoms with Gasteiger partial charge in [0.25, 0.3) is 10.1 Å². The van der Waals surface area contributed by atoms with Crippen molar-refractivity contribution >= 4 is 26.2 Å². The Morgan fingerprint density at radius 3 is 2.23 bits per heavy atom. The van der Waals surface area contributed by atoms with E-state index in [0.717, 1.165) is 16.8 Å². The summed E-state index contributed by atoms with van der Waals surface area (Å²) in [6.07, 6.45) is -5.75. The lowest BCUT2D eigenvalue weighted by atomic mass is 9.70. The number of rotatable bonds is 10. The second kappa shape index (κ2) is 10.5. The summed E-state index contributed by atoms with van der Waals surface area (Å²) in [6, 6.07) is 5.69. The van der Waals surface area contributed by atoms with Gasteiger partial charge in [-0.05, 0) is 79.3 Å². The number of aromatic nitrogens is 2. The van der Waals surface area contributed by atoms with Crippen molar-refractivity contribution in [3.8, 4) is 5.69 Å². The minimum Gasteiger partial charge on any atom is -0.262 e. The third kappa shape index (κ3) is 7.09. The van der Waals surface area contributed by atoms with Crippen LogP contribution >= 0.6 is 0 Å². The molecule has 0 aliphatic heterocycles. The zero-order valence-electron chi connectivity index (χ0n) is 22.8. The monoisotopic (exact) mass is 659 g/mol. The van der Waals surface area contributed by atoms with Crippen LogP contribution in [0.5, 0.6) is 0 Å². The molecule has 2 atom stereocenters. The highest BCUT2D eigenvalue weighted by Gasteiger charge is 2.55. The molecule has 1 aromatic carbocycles. The number of sulfonamides is 1. The van der Waals surface area contributed by atoms with Crippen molar-refractivity contribution in [2.75, 3.05) is 24.6 Å². The smallest absolute Gasteiger partial charge is 0.262 e. The van der Waals surface area contributed by atoms with Gasteiger partial charge in [-0.25, -0.2) is 17.5 Å². The first-order chi connectivity index (χ1) is 19.7. The van der Waals surface area contributed by atoms with Crippen molar-refractivity contribution in [1.82, 2.24) is 14.1 Å². The van der Waals surface area contributed by atoms with Crippen LogP contribution in [0.15, 0.2) is 36.0 Å². The minimum absolute atomic E-state index is 0.138. The van der Waals surface area contributed by atoms with Crippen LogP contribution in [0.2, 0.25) is 0 Å². The predicted octanol–water partition coefficient (Wildman–Crippen LogP) is 5.00. The van der Waals surface area contributed by atoms with E-state index in [0.29, 0.717) is 29.3 Å². The zero-order chi connectivity index (χ0) is 31.6. The third-order valence-electron chi connectivity index (χ3n) is 8.30. The molecule has 2 aromatic rings. The third-order valence-corrected chi connectivity index (χ3v) is 11.3. The van der Waals surface area contributed by atoms with Crippen LogP contribution < -0.4 is 0 Å². The zero-order valence-corrected chi connectivity index (χ0v) is 24.4. The fourth-order valence-electron chi connectivity index (χ4n) is 6.06. The summed E-state index contributed by atoms with van der Waals surface area (Å²) < 4.78 is 149. The first-order valence-corrected chi connectivity index (χ1v) is 16.5. The molecule has 238 valence electrons. The van der Waals surface area contributed by atoms with Gasteiger partial charge in [0.1, 0.15) is 11.4 Å². The fourth-order valence-corrected chi connectivity index (χ4v) is 8.72. The van der Waals surface area contributed by atoms with E-state index in [2.05, 4.69) is 5.10 Å². The second-order valence-electron chi connectivity index (χ2n) is 11.7. The molecule has 0 saturated heterocycles. The maximum atomic E-state index is 13.4. The maximum absolute atomic E-state index is 13.4. The average molecular weight is 660 g/mol. The molecule has 0 bridgehead atoms. The normalized spacial score (nSPS) is 23.7. The summed E-state index contributed by atoms with van der Waals surface area (Å²) in [4.78, 5) is 0. The Bertz CT molecular complexity index is 1630. The fraction of sp³-hybridized carbons (Fsp3) is 0.577. The predicted molar refractivity (Wildman–Crippen MR) is 140 cm³/mol. The number of hydrogen-bond donors (Lipinski definition) is 0. The Kier molecular flexibility index (Phi) is 7.83. The molecule has 8 nitrogen and oxygen atoms in total. The van der Waals surface area contributed by atoms with E-state index in [1.807, 2.05) is 13.0 Å². The van der Waals surface area contributed by atoms with Crippen LogP contribution in [0.25, 0.3) is 11.8 Å². The van der Waals surface area contributed by atoms with Crippen molar-refractivity contribution in [1.29, 1.82) is 0 Å². The van der Waals surface area contributed by atoms with E-state index in [1.54, 1.807) is 23.0 Å². The number of fused-ring (bicyclic) bond motifs is 2. The molecule has 1 aromatic heterocycles. The maximum Gasteiger partial charge on any atom is 0.405 e. The largest absolute Gasteiger partial charge is 0.405 e. The standard InChI is InChI=1S/C26H28F7N3O5S2/c1-23-11-17-12-34-36(21-6-4-20(27)5-7-21)22(17)10-18(23)2-3-19(23)13-35(42(37,38)15-25(28,29)30)14-24(8-9-24)41-43(39,40)16-26(31,32)33/h4-7,10,12,19H,2-3,8-9,11,13-16H2,1H3/t19?,23-/m0/s1. The summed E-state index contributed by atoms with van der Waals surface area (Å²) in [5, 5.41) is 4.40. The number of halogens is 7. The van der Waals surface area contributed by atoms with Crippen LogP contribution in [0.1, 0.15) is 43.9 Å². The van der Waals surface area contributed by atoms with E-state index in [1.165, 1.54) is 12.1 Å². The van der Waals surface area contributed by atoms with Crippen molar-refractivity contribution < 1.29 is 51.8 Å². The number of hydrogen-bond acceptors (Lipinski definition) is 6. The SMILES string of the molecule is C[C@]12Cc3cnn(-c4ccc(F)cc4)c3C=C1CCC2CN(CC1(OS(=O)(=O)CC(F)(F)F)CC1)S(=O)(=O)CC(F)(F)F. The number of nitrogens with zero attached hydrogens (tertiary/aromatic N) is 3. The van der Waals surface area contributed by atoms with Gasteiger partial charge in [0, 0.05) is 13.1 Å². The van der Waals surface area contributed by atoms with Gasteiger partial charge >= 0.3 is 12.4 Å².